The Morgan fingerprint density at radius 1 is 0.829 bits per heavy atom. The number of ether oxygens (including phenoxy) is 1. The van der Waals surface area contributed by atoms with Gasteiger partial charge in [-0.3, -0.25) is 9.36 Å². The summed E-state index contributed by atoms with van der Waals surface area (Å²) in [6, 6.07) is 0. The number of hydrogen-bond acceptors (Lipinski definition) is 7. The van der Waals surface area contributed by atoms with Crippen LogP contribution in [0.3, 0.4) is 0 Å². The summed E-state index contributed by atoms with van der Waals surface area (Å²) >= 11 is 0. The first-order valence-corrected chi connectivity index (χ1v) is 15.3. The number of esters is 1. The molecule has 0 aliphatic carbocycles. The fraction of sp³-hybridized carbons (Fsp3) is 0.962. The molecular formula is C26H54NO7P. The average Bonchev–Trinajstić information content (AvgIpc) is 2.78. The molecule has 0 aromatic heterocycles. The number of rotatable bonds is 25. The van der Waals surface area contributed by atoms with Gasteiger partial charge in [0.1, 0.15) is 19.3 Å². The lowest BCUT2D eigenvalue weighted by molar-refractivity contribution is -0.870. The molecule has 0 amide bonds. The Balaban J connectivity index is 3.68. The number of quaternary nitrogens is 1. The van der Waals surface area contributed by atoms with Crippen molar-refractivity contribution >= 4 is 13.8 Å². The summed E-state index contributed by atoms with van der Waals surface area (Å²) < 4.78 is 27.1. The standard InChI is InChI=1S/C26H54NO7P/c1-5-6-7-8-9-10-11-12-13-14-15-16-17-18-19-20-26(29)34-25(23-28)24-33-35(30,31)32-22-21-27(2,3)4/h25,28H,5-24H2,1-4H3/t25-/m0/s1. The van der Waals surface area contributed by atoms with Gasteiger partial charge in [0.2, 0.25) is 0 Å². The molecule has 0 saturated heterocycles. The van der Waals surface area contributed by atoms with Gasteiger partial charge < -0.3 is 28.3 Å². The van der Waals surface area contributed by atoms with E-state index in [1.807, 2.05) is 21.1 Å². The summed E-state index contributed by atoms with van der Waals surface area (Å²) in [4.78, 5) is 23.8. The number of phosphoric ester groups is 1. The molecule has 0 saturated carbocycles. The molecular weight excluding hydrogens is 469 g/mol. The Morgan fingerprint density at radius 2 is 1.29 bits per heavy atom. The Hall–Kier alpha value is -0.500. The molecule has 0 bridgehead atoms. The van der Waals surface area contributed by atoms with E-state index in [4.69, 9.17) is 13.8 Å². The molecule has 0 aliphatic heterocycles. The number of likely N-dealkylation sites (N-methyl/N-ethyl adjacent to an activating group) is 1. The van der Waals surface area contributed by atoms with Gasteiger partial charge in [-0.25, -0.2) is 0 Å². The molecule has 0 radical (unpaired) electrons. The van der Waals surface area contributed by atoms with E-state index in [0.29, 0.717) is 11.0 Å². The van der Waals surface area contributed by atoms with Crippen LogP contribution in [0.4, 0.5) is 0 Å². The zero-order chi connectivity index (χ0) is 26.4. The molecule has 210 valence electrons. The van der Waals surface area contributed by atoms with Gasteiger partial charge in [-0.05, 0) is 6.42 Å². The predicted octanol–water partition coefficient (Wildman–Crippen LogP) is 5.36. The monoisotopic (exact) mass is 523 g/mol. The lowest BCUT2D eigenvalue weighted by Gasteiger charge is -2.28. The molecule has 0 aromatic rings. The van der Waals surface area contributed by atoms with Crippen molar-refractivity contribution in [3.63, 3.8) is 0 Å². The van der Waals surface area contributed by atoms with Crippen LogP contribution in [0.2, 0.25) is 0 Å². The number of carbonyl (C=O) groups is 1. The number of hydrogen-bond donors (Lipinski definition) is 1. The topological polar surface area (TPSA) is 105 Å². The molecule has 1 N–H and O–H groups in total. The van der Waals surface area contributed by atoms with Crippen LogP contribution >= 0.6 is 7.82 Å². The van der Waals surface area contributed by atoms with E-state index in [-0.39, 0.29) is 13.0 Å². The summed E-state index contributed by atoms with van der Waals surface area (Å²) in [6.45, 7) is 1.78. The molecule has 0 spiro atoms. The fourth-order valence-electron chi connectivity index (χ4n) is 3.65. The minimum Gasteiger partial charge on any atom is -0.756 e. The summed E-state index contributed by atoms with van der Waals surface area (Å²) in [5.74, 6) is -0.450. The number of aliphatic hydroxyl groups is 1. The predicted molar refractivity (Wildman–Crippen MR) is 139 cm³/mol. The Bertz CT molecular complexity index is 554. The third-order valence-corrected chi connectivity index (χ3v) is 6.88. The van der Waals surface area contributed by atoms with Gasteiger partial charge in [-0.1, -0.05) is 96.8 Å². The van der Waals surface area contributed by atoms with Crippen LogP contribution in [0.1, 0.15) is 110 Å². The van der Waals surface area contributed by atoms with Crippen LogP contribution in [0.5, 0.6) is 0 Å². The number of phosphoric acid groups is 1. The maximum Gasteiger partial charge on any atom is 0.306 e. The molecule has 8 nitrogen and oxygen atoms in total. The minimum atomic E-state index is -4.51. The van der Waals surface area contributed by atoms with Crippen LogP contribution in [0, 0.1) is 0 Å². The maximum atomic E-state index is 12.0. The van der Waals surface area contributed by atoms with Gasteiger partial charge in [-0.2, -0.15) is 0 Å². The molecule has 1 unspecified atom stereocenters. The zero-order valence-electron chi connectivity index (χ0n) is 23.0. The third-order valence-electron chi connectivity index (χ3n) is 5.92. The van der Waals surface area contributed by atoms with Crippen molar-refractivity contribution in [1.82, 2.24) is 0 Å². The molecule has 35 heavy (non-hydrogen) atoms. The maximum absolute atomic E-state index is 12.0. The van der Waals surface area contributed by atoms with Gasteiger partial charge in [0.15, 0.2) is 0 Å². The van der Waals surface area contributed by atoms with E-state index in [0.717, 1.165) is 19.3 Å². The summed E-state index contributed by atoms with van der Waals surface area (Å²) in [5, 5.41) is 9.37. The smallest absolute Gasteiger partial charge is 0.306 e. The second-order valence-electron chi connectivity index (χ2n) is 10.6. The molecule has 0 heterocycles. The second kappa shape index (κ2) is 21.6. The largest absolute Gasteiger partial charge is 0.756 e. The lowest BCUT2D eigenvalue weighted by atomic mass is 10.0. The molecule has 0 fully saturated rings. The van der Waals surface area contributed by atoms with Crippen LogP contribution in [0.25, 0.3) is 0 Å². The van der Waals surface area contributed by atoms with E-state index in [2.05, 4.69) is 6.92 Å². The highest BCUT2D eigenvalue weighted by atomic mass is 31.2. The Kier molecular flexibility index (Phi) is 21.3. The van der Waals surface area contributed by atoms with Gasteiger partial charge in [0, 0.05) is 6.42 Å². The first-order chi connectivity index (χ1) is 16.6. The van der Waals surface area contributed by atoms with Crippen molar-refractivity contribution in [2.24, 2.45) is 0 Å². The van der Waals surface area contributed by atoms with E-state index >= 15 is 0 Å². The quantitative estimate of drug-likeness (QED) is 0.0743. The van der Waals surface area contributed by atoms with Crippen molar-refractivity contribution in [2.45, 2.75) is 116 Å². The normalized spacial score (nSPS) is 14.6. The first kappa shape index (κ1) is 34.5. The van der Waals surface area contributed by atoms with Crippen LogP contribution in [-0.4, -0.2) is 69.2 Å². The summed E-state index contributed by atoms with van der Waals surface area (Å²) in [5.41, 5.74) is 0. The van der Waals surface area contributed by atoms with Crippen molar-refractivity contribution in [3.8, 4) is 0 Å². The highest BCUT2D eigenvalue weighted by molar-refractivity contribution is 7.45. The van der Waals surface area contributed by atoms with Gasteiger partial charge >= 0.3 is 5.97 Å². The Morgan fingerprint density at radius 3 is 1.71 bits per heavy atom. The number of unbranched alkanes of at least 4 members (excludes halogenated alkanes) is 14. The van der Waals surface area contributed by atoms with Crippen molar-refractivity contribution in [1.29, 1.82) is 0 Å². The van der Waals surface area contributed by atoms with Crippen LogP contribution in [0.15, 0.2) is 0 Å². The number of carbonyl (C=O) groups excluding carboxylic acids is 1. The highest BCUT2D eigenvalue weighted by Crippen LogP contribution is 2.38. The van der Waals surface area contributed by atoms with E-state index in [1.165, 1.54) is 77.0 Å². The zero-order valence-corrected chi connectivity index (χ0v) is 23.9. The summed E-state index contributed by atoms with van der Waals surface area (Å²) in [6.07, 6.45) is 18.0. The van der Waals surface area contributed by atoms with Crippen molar-refractivity contribution in [2.75, 3.05) is 47.5 Å². The second-order valence-corrected chi connectivity index (χ2v) is 12.0. The minimum absolute atomic E-state index is 0.00689. The SMILES string of the molecule is CCCCCCCCCCCCCCCCCC(=O)O[C@@H](CO)COP(=O)([O-])OCC[N+](C)(C)C. The first-order valence-electron chi connectivity index (χ1n) is 13.8. The molecule has 9 heteroatoms. The number of aliphatic hydroxyl groups excluding tert-OH is 1. The van der Waals surface area contributed by atoms with Crippen molar-refractivity contribution in [3.05, 3.63) is 0 Å². The molecule has 2 atom stereocenters. The van der Waals surface area contributed by atoms with Crippen molar-refractivity contribution < 1.29 is 37.6 Å². The molecule has 0 aromatic carbocycles. The van der Waals surface area contributed by atoms with E-state index < -0.39 is 33.1 Å². The molecule has 0 aliphatic rings. The van der Waals surface area contributed by atoms with E-state index in [9.17, 15) is 19.4 Å². The van der Waals surface area contributed by atoms with Gasteiger partial charge in [0.25, 0.3) is 7.82 Å². The van der Waals surface area contributed by atoms with Gasteiger partial charge in [-0.15, -0.1) is 0 Å². The molecule has 0 rings (SSSR count). The summed E-state index contributed by atoms with van der Waals surface area (Å²) in [7, 11) is 1.24. The van der Waals surface area contributed by atoms with Gasteiger partial charge in [0.05, 0.1) is 34.4 Å². The van der Waals surface area contributed by atoms with Crippen LogP contribution < -0.4 is 4.89 Å². The van der Waals surface area contributed by atoms with E-state index in [1.54, 1.807) is 0 Å². The Labute approximate surface area is 214 Å². The fourth-order valence-corrected chi connectivity index (χ4v) is 4.38. The highest BCUT2D eigenvalue weighted by Gasteiger charge is 2.19. The average molecular weight is 524 g/mol. The number of nitrogens with zero attached hydrogens (tertiary/aromatic N) is 1. The lowest BCUT2D eigenvalue weighted by Crippen LogP contribution is -2.37. The van der Waals surface area contributed by atoms with Crippen LogP contribution in [-0.2, 0) is 23.1 Å². The third kappa shape index (κ3) is 25.0.